The van der Waals surface area contributed by atoms with E-state index in [0.717, 1.165) is 15.5 Å². The third-order valence-corrected chi connectivity index (χ3v) is 4.73. The van der Waals surface area contributed by atoms with Crippen molar-refractivity contribution in [1.29, 1.82) is 0 Å². The molecule has 21 heavy (non-hydrogen) atoms. The van der Waals surface area contributed by atoms with Gasteiger partial charge in [-0.05, 0) is 24.3 Å². The number of methoxy groups -OCH3 is 1. The minimum absolute atomic E-state index is 0.430. The normalized spacial score (nSPS) is 16.5. The van der Waals surface area contributed by atoms with E-state index in [1.807, 2.05) is 24.3 Å². The zero-order chi connectivity index (χ0) is 15.0. The first-order chi connectivity index (χ1) is 10.1. The summed E-state index contributed by atoms with van der Waals surface area (Å²) in [5, 5.41) is 12.9. The first-order valence-electron chi connectivity index (χ1n) is 6.23. The third-order valence-electron chi connectivity index (χ3n) is 3.19. The summed E-state index contributed by atoms with van der Waals surface area (Å²) in [6.45, 7) is 0. The predicted molar refractivity (Wildman–Crippen MR) is 82.2 cm³/mol. The quantitative estimate of drug-likeness (QED) is 0.908. The number of aliphatic hydroxyl groups excluding tert-OH is 1. The second-order valence-electron chi connectivity index (χ2n) is 4.51. The summed E-state index contributed by atoms with van der Waals surface area (Å²) in [6.07, 6.45) is -1.15. The van der Waals surface area contributed by atoms with Gasteiger partial charge in [-0.1, -0.05) is 35.5 Å². The molecular weight excluding hydrogens is 310 g/mol. The molecule has 0 saturated carbocycles. The Morgan fingerprint density at radius 3 is 2.81 bits per heavy atom. The van der Waals surface area contributed by atoms with E-state index in [4.69, 9.17) is 16.3 Å². The molecule has 0 spiro atoms. The SMILES string of the molecule is COc1ccccc1Sc1cc2c(cc1Cl)C(O)C(=O)N2. The number of rotatable bonds is 3. The number of fused-ring (bicyclic) bond motifs is 1. The second kappa shape index (κ2) is 5.60. The van der Waals surface area contributed by atoms with Gasteiger partial charge in [-0.25, -0.2) is 0 Å². The number of hydrogen-bond acceptors (Lipinski definition) is 4. The molecule has 4 nitrogen and oxygen atoms in total. The number of benzene rings is 2. The lowest BCUT2D eigenvalue weighted by molar-refractivity contribution is -0.123. The van der Waals surface area contributed by atoms with Gasteiger partial charge in [0.05, 0.1) is 17.0 Å². The first kappa shape index (κ1) is 14.3. The Kier molecular flexibility index (Phi) is 3.80. The minimum atomic E-state index is -1.15. The Balaban J connectivity index is 1.98. The van der Waals surface area contributed by atoms with Gasteiger partial charge in [0.1, 0.15) is 5.75 Å². The van der Waals surface area contributed by atoms with E-state index in [1.54, 1.807) is 19.2 Å². The van der Waals surface area contributed by atoms with E-state index in [-0.39, 0.29) is 0 Å². The molecule has 2 N–H and O–H groups in total. The van der Waals surface area contributed by atoms with Crippen LogP contribution in [-0.2, 0) is 4.79 Å². The van der Waals surface area contributed by atoms with Gasteiger partial charge in [0.25, 0.3) is 5.91 Å². The fourth-order valence-electron chi connectivity index (χ4n) is 2.15. The Morgan fingerprint density at radius 2 is 2.05 bits per heavy atom. The van der Waals surface area contributed by atoms with Gasteiger partial charge in [0.15, 0.2) is 6.10 Å². The summed E-state index contributed by atoms with van der Waals surface area (Å²) >= 11 is 7.70. The van der Waals surface area contributed by atoms with Crippen LogP contribution in [0.3, 0.4) is 0 Å². The van der Waals surface area contributed by atoms with Crippen molar-refractivity contribution in [1.82, 2.24) is 0 Å². The fourth-order valence-corrected chi connectivity index (χ4v) is 3.40. The van der Waals surface area contributed by atoms with Crippen molar-refractivity contribution in [2.24, 2.45) is 0 Å². The predicted octanol–water partition coefficient (Wildman–Crippen LogP) is 3.49. The molecule has 1 aliphatic heterocycles. The van der Waals surface area contributed by atoms with E-state index in [9.17, 15) is 9.90 Å². The van der Waals surface area contributed by atoms with Crippen LogP contribution in [0, 0.1) is 0 Å². The first-order valence-corrected chi connectivity index (χ1v) is 7.43. The third kappa shape index (κ3) is 2.60. The number of aliphatic hydroxyl groups is 1. The summed E-state index contributed by atoms with van der Waals surface area (Å²) in [4.78, 5) is 13.2. The fraction of sp³-hybridized carbons (Fsp3) is 0.133. The zero-order valence-corrected chi connectivity index (χ0v) is 12.7. The Morgan fingerprint density at radius 1 is 1.29 bits per heavy atom. The molecule has 1 amide bonds. The van der Waals surface area contributed by atoms with Crippen LogP contribution in [0.4, 0.5) is 5.69 Å². The highest BCUT2D eigenvalue weighted by atomic mass is 35.5. The molecule has 1 unspecified atom stereocenters. The maximum absolute atomic E-state index is 11.5. The monoisotopic (exact) mass is 321 g/mol. The Bertz CT molecular complexity index is 720. The molecule has 0 aliphatic carbocycles. The molecular formula is C15H12ClNO3S. The van der Waals surface area contributed by atoms with Crippen LogP contribution in [0.15, 0.2) is 46.2 Å². The van der Waals surface area contributed by atoms with Crippen molar-refractivity contribution in [2.75, 3.05) is 12.4 Å². The van der Waals surface area contributed by atoms with E-state index in [1.165, 1.54) is 11.8 Å². The number of hydrogen-bond donors (Lipinski definition) is 2. The number of halogens is 1. The lowest BCUT2D eigenvalue weighted by atomic mass is 10.1. The van der Waals surface area contributed by atoms with Gasteiger partial charge in [-0.2, -0.15) is 0 Å². The van der Waals surface area contributed by atoms with Gasteiger partial charge < -0.3 is 15.2 Å². The molecule has 108 valence electrons. The van der Waals surface area contributed by atoms with Gasteiger partial charge >= 0.3 is 0 Å². The summed E-state index contributed by atoms with van der Waals surface area (Å²) in [6, 6.07) is 11.0. The summed E-state index contributed by atoms with van der Waals surface area (Å²) < 4.78 is 5.31. The molecule has 0 radical (unpaired) electrons. The largest absolute Gasteiger partial charge is 0.496 e. The zero-order valence-electron chi connectivity index (χ0n) is 11.1. The molecule has 1 aliphatic rings. The molecule has 0 fully saturated rings. The van der Waals surface area contributed by atoms with E-state index in [0.29, 0.717) is 16.3 Å². The summed E-state index contributed by atoms with van der Waals surface area (Å²) in [5.74, 6) is 0.323. The average Bonchev–Trinajstić information content (AvgIpc) is 2.75. The van der Waals surface area contributed by atoms with E-state index >= 15 is 0 Å². The maximum Gasteiger partial charge on any atom is 0.257 e. The van der Waals surface area contributed by atoms with E-state index < -0.39 is 12.0 Å². The number of anilines is 1. The van der Waals surface area contributed by atoms with Gasteiger partial charge in [-0.3, -0.25) is 4.79 Å². The highest BCUT2D eigenvalue weighted by Gasteiger charge is 2.29. The lowest BCUT2D eigenvalue weighted by Gasteiger charge is -2.10. The van der Waals surface area contributed by atoms with Crippen molar-refractivity contribution in [3.05, 3.63) is 47.0 Å². The van der Waals surface area contributed by atoms with Crippen LogP contribution in [0.1, 0.15) is 11.7 Å². The number of carbonyl (C=O) groups excluding carboxylic acids is 1. The van der Waals surface area contributed by atoms with Crippen molar-refractivity contribution in [3.63, 3.8) is 0 Å². The molecule has 1 atom stereocenters. The number of nitrogens with one attached hydrogen (secondary N) is 1. The van der Waals surface area contributed by atoms with Crippen molar-refractivity contribution in [2.45, 2.75) is 15.9 Å². The second-order valence-corrected chi connectivity index (χ2v) is 6.01. The van der Waals surface area contributed by atoms with Gasteiger partial charge in [-0.15, -0.1) is 0 Å². The molecule has 2 aromatic rings. The smallest absolute Gasteiger partial charge is 0.257 e. The van der Waals surface area contributed by atoms with Crippen molar-refractivity contribution >= 4 is 35.0 Å². The molecule has 2 aromatic carbocycles. The Labute approximate surface area is 131 Å². The topological polar surface area (TPSA) is 58.6 Å². The molecule has 6 heteroatoms. The number of carbonyl (C=O) groups is 1. The van der Waals surface area contributed by atoms with Crippen molar-refractivity contribution < 1.29 is 14.6 Å². The summed E-state index contributed by atoms with van der Waals surface area (Å²) in [5.41, 5.74) is 1.10. The molecule has 1 heterocycles. The highest BCUT2D eigenvalue weighted by molar-refractivity contribution is 7.99. The van der Waals surface area contributed by atoms with Crippen LogP contribution in [-0.4, -0.2) is 18.1 Å². The lowest BCUT2D eigenvalue weighted by Crippen LogP contribution is -2.10. The van der Waals surface area contributed by atoms with E-state index in [2.05, 4.69) is 5.32 Å². The van der Waals surface area contributed by atoms with Crippen LogP contribution >= 0.6 is 23.4 Å². The van der Waals surface area contributed by atoms with Crippen LogP contribution < -0.4 is 10.1 Å². The number of ether oxygens (including phenoxy) is 1. The van der Waals surface area contributed by atoms with Crippen molar-refractivity contribution in [3.8, 4) is 5.75 Å². The average molecular weight is 322 g/mol. The Hall–Kier alpha value is -1.69. The van der Waals surface area contributed by atoms with Gasteiger partial charge in [0, 0.05) is 16.1 Å². The van der Waals surface area contributed by atoms with Crippen LogP contribution in [0.2, 0.25) is 5.02 Å². The number of para-hydroxylation sites is 1. The molecule has 3 rings (SSSR count). The van der Waals surface area contributed by atoms with Crippen LogP contribution in [0.5, 0.6) is 5.75 Å². The maximum atomic E-state index is 11.5. The molecule has 0 aromatic heterocycles. The number of amides is 1. The van der Waals surface area contributed by atoms with Crippen LogP contribution in [0.25, 0.3) is 0 Å². The van der Waals surface area contributed by atoms with Gasteiger partial charge in [0.2, 0.25) is 0 Å². The minimum Gasteiger partial charge on any atom is -0.496 e. The summed E-state index contributed by atoms with van der Waals surface area (Å²) in [7, 11) is 1.61. The molecule has 0 saturated heterocycles. The highest BCUT2D eigenvalue weighted by Crippen LogP contribution is 2.43. The molecule has 0 bridgehead atoms. The standard InChI is InChI=1S/C15H12ClNO3S/c1-20-11-4-2-3-5-12(11)21-13-7-10-8(6-9(13)16)14(18)15(19)17-10/h2-7,14,18H,1H3,(H,17,19).